The third-order valence-corrected chi connectivity index (χ3v) is 6.68. The Morgan fingerprint density at radius 3 is 2.38 bits per heavy atom. The highest BCUT2D eigenvalue weighted by Crippen LogP contribution is 2.38. The van der Waals surface area contributed by atoms with E-state index in [1.807, 2.05) is 41.2 Å². The van der Waals surface area contributed by atoms with Crippen molar-refractivity contribution in [1.82, 2.24) is 24.4 Å². The van der Waals surface area contributed by atoms with Crippen LogP contribution in [0.5, 0.6) is 0 Å². The molecule has 0 unspecified atom stereocenters. The first-order valence-electron chi connectivity index (χ1n) is 12.6. The molecule has 3 heterocycles. The number of aromatic nitrogens is 5. The molecule has 39 heavy (non-hydrogen) atoms. The van der Waals surface area contributed by atoms with E-state index in [2.05, 4.69) is 10.2 Å². The first-order valence-corrected chi connectivity index (χ1v) is 12.6. The summed E-state index contributed by atoms with van der Waals surface area (Å²) < 4.78 is 14.4. The Bertz CT molecular complexity index is 1420. The second kappa shape index (κ2) is 12.5. The lowest BCUT2D eigenvalue weighted by atomic mass is 9.83. The highest BCUT2D eigenvalue weighted by atomic mass is 16.6. The zero-order valence-corrected chi connectivity index (χ0v) is 21.9. The molecule has 1 saturated carbocycles. The minimum Gasteiger partial charge on any atom is -0.450 e. The lowest BCUT2D eigenvalue weighted by Crippen LogP contribution is -2.24. The molecular formula is C27H32N6O6. The van der Waals surface area contributed by atoms with E-state index in [1.54, 1.807) is 24.0 Å². The number of methoxy groups -OCH3 is 1. The fourth-order valence-corrected chi connectivity index (χ4v) is 4.88. The number of carbonyl (C=O) groups excluding carboxylic acids is 1. The molecule has 0 atom stereocenters. The van der Waals surface area contributed by atoms with Crippen LogP contribution in [0.2, 0.25) is 0 Å². The third-order valence-electron chi connectivity index (χ3n) is 6.68. The van der Waals surface area contributed by atoms with Crippen molar-refractivity contribution in [1.29, 1.82) is 0 Å². The first-order chi connectivity index (χ1) is 18.8. The first kappa shape index (κ1) is 27.7. The number of anilines is 1. The molecule has 1 aliphatic carbocycles. The molecule has 1 fully saturated rings. The van der Waals surface area contributed by atoms with E-state index in [-0.39, 0.29) is 17.8 Å². The van der Waals surface area contributed by atoms with Crippen LogP contribution in [0.3, 0.4) is 0 Å². The van der Waals surface area contributed by atoms with Crippen LogP contribution in [0.1, 0.15) is 54.6 Å². The number of fused-ring (bicyclic) bond motifs is 1. The Morgan fingerprint density at radius 1 is 1.05 bits per heavy atom. The molecule has 3 aromatic heterocycles. The van der Waals surface area contributed by atoms with Gasteiger partial charge in [0.15, 0.2) is 11.4 Å². The molecule has 0 saturated heterocycles. The second-order valence-corrected chi connectivity index (χ2v) is 9.24. The van der Waals surface area contributed by atoms with Gasteiger partial charge in [0, 0.05) is 30.4 Å². The molecule has 0 spiro atoms. The van der Waals surface area contributed by atoms with E-state index in [9.17, 15) is 4.79 Å². The molecule has 4 N–H and O–H groups in total. The highest BCUT2D eigenvalue weighted by Gasteiger charge is 2.30. The molecule has 206 valence electrons. The highest BCUT2D eigenvalue weighted by molar-refractivity contribution is 6.00. The number of ether oxygens (including phenoxy) is 2. The van der Waals surface area contributed by atoms with Gasteiger partial charge in [-0.25, -0.2) is 14.5 Å². The number of hydrogen-bond donors (Lipinski definition) is 3. The maximum atomic E-state index is 12.6. The number of carboxylic acid groups (broad SMARTS) is 2. The molecule has 1 aliphatic rings. The molecule has 1 aromatic carbocycles. The zero-order chi connectivity index (χ0) is 27.9. The fraction of sp³-hybridized carbons (Fsp3) is 0.370. The largest absolute Gasteiger partial charge is 0.503 e. The predicted octanol–water partition coefficient (Wildman–Crippen LogP) is 4.28. The van der Waals surface area contributed by atoms with E-state index in [1.165, 1.54) is 6.92 Å². The number of benzene rings is 1. The summed E-state index contributed by atoms with van der Waals surface area (Å²) in [4.78, 5) is 26.2. The van der Waals surface area contributed by atoms with Crippen LogP contribution in [0.4, 0.5) is 10.6 Å². The van der Waals surface area contributed by atoms with Crippen LogP contribution in [0.25, 0.3) is 22.5 Å². The van der Waals surface area contributed by atoms with Gasteiger partial charge in [0.2, 0.25) is 0 Å². The van der Waals surface area contributed by atoms with Crippen LogP contribution >= 0.6 is 0 Å². The summed E-state index contributed by atoms with van der Waals surface area (Å²) in [5.74, 6) is 0.371. The number of nitrogen functional groups attached to an aromatic ring is 1. The Balaban J connectivity index is 0.000000826. The number of hydrogen-bond acceptors (Lipinski definition) is 8. The van der Waals surface area contributed by atoms with Crippen LogP contribution in [0.15, 0.2) is 48.9 Å². The Labute approximate surface area is 225 Å². The summed E-state index contributed by atoms with van der Waals surface area (Å²) >= 11 is 0. The maximum Gasteiger partial charge on any atom is 0.503 e. The summed E-state index contributed by atoms with van der Waals surface area (Å²) in [6.07, 6.45) is 7.44. The third kappa shape index (κ3) is 6.41. The van der Waals surface area contributed by atoms with Gasteiger partial charge < -0.3 is 25.4 Å². The van der Waals surface area contributed by atoms with E-state index < -0.39 is 6.16 Å². The topological polar surface area (TPSA) is 167 Å². The SMILES string of the molecule is COCCOC1CCC(c2nc3c(-c4cnn(-c5ccccc5)c4)cnn3c(N)c2C(C)=O)CC1.O=C(O)O. The molecule has 4 aromatic rings. The summed E-state index contributed by atoms with van der Waals surface area (Å²) in [5.41, 5.74) is 11.0. The summed E-state index contributed by atoms with van der Waals surface area (Å²) in [6.45, 7) is 2.72. The second-order valence-electron chi connectivity index (χ2n) is 9.24. The average molecular weight is 537 g/mol. The Kier molecular flexibility index (Phi) is 8.89. The minimum atomic E-state index is -1.83. The van der Waals surface area contributed by atoms with E-state index in [0.717, 1.165) is 48.2 Å². The van der Waals surface area contributed by atoms with Gasteiger partial charge in [-0.15, -0.1) is 0 Å². The predicted molar refractivity (Wildman–Crippen MR) is 143 cm³/mol. The van der Waals surface area contributed by atoms with Gasteiger partial charge in [-0.1, -0.05) is 18.2 Å². The number of nitrogens with zero attached hydrogens (tertiary/aromatic N) is 5. The number of carbonyl (C=O) groups is 2. The van der Waals surface area contributed by atoms with Crippen molar-refractivity contribution in [3.63, 3.8) is 0 Å². The van der Waals surface area contributed by atoms with Gasteiger partial charge in [-0.3, -0.25) is 4.79 Å². The smallest absolute Gasteiger partial charge is 0.450 e. The van der Waals surface area contributed by atoms with Crippen molar-refractivity contribution in [2.75, 3.05) is 26.1 Å². The van der Waals surface area contributed by atoms with E-state index in [0.29, 0.717) is 30.2 Å². The van der Waals surface area contributed by atoms with Gasteiger partial charge >= 0.3 is 6.16 Å². The zero-order valence-electron chi connectivity index (χ0n) is 21.9. The van der Waals surface area contributed by atoms with Gasteiger partial charge in [-0.05, 0) is 44.7 Å². The van der Waals surface area contributed by atoms with Crippen molar-refractivity contribution < 1.29 is 29.3 Å². The lowest BCUT2D eigenvalue weighted by Gasteiger charge is -2.29. The summed E-state index contributed by atoms with van der Waals surface area (Å²) in [7, 11) is 1.67. The van der Waals surface area contributed by atoms with Crippen molar-refractivity contribution in [3.8, 4) is 16.8 Å². The normalized spacial score (nSPS) is 17.0. The van der Waals surface area contributed by atoms with Crippen molar-refractivity contribution in [3.05, 3.63) is 60.2 Å². The Hall–Kier alpha value is -4.29. The van der Waals surface area contributed by atoms with E-state index in [4.69, 9.17) is 35.2 Å². The fourth-order valence-electron chi connectivity index (χ4n) is 4.88. The number of para-hydroxylation sites is 1. The lowest BCUT2D eigenvalue weighted by molar-refractivity contribution is -0.00298. The number of ketones is 1. The molecule has 5 rings (SSSR count). The maximum absolute atomic E-state index is 12.6. The van der Waals surface area contributed by atoms with E-state index >= 15 is 0 Å². The molecule has 12 nitrogen and oxygen atoms in total. The summed E-state index contributed by atoms with van der Waals surface area (Å²) in [5, 5.41) is 22.9. The van der Waals surface area contributed by atoms with Crippen LogP contribution < -0.4 is 5.73 Å². The molecule has 0 amide bonds. The standard InChI is InChI=1S/C26H30N6O3.CH2O3/c1-17(33)23-24(18-8-10-21(11-9-18)35-13-12-34-2)30-26-22(15-29-32(26)25(23)27)19-14-28-31(16-19)20-6-4-3-5-7-20;2-1(3)4/h3-7,14-16,18,21H,8-13,27H2,1-2H3;(H2,2,3,4). The monoisotopic (exact) mass is 536 g/mol. The van der Waals surface area contributed by atoms with Gasteiger partial charge in [0.05, 0.1) is 48.7 Å². The van der Waals surface area contributed by atoms with Crippen molar-refractivity contribution >= 4 is 23.4 Å². The molecule has 12 heteroatoms. The van der Waals surface area contributed by atoms with Crippen molar-refractivity contribution in [2.24, 2.45) is 0 Å². The number of rotatable bonds is 8. The Morgan fingerprint density at radius 2 is 1.74 bits per heavy atom. The van der Waals surface area contributed by atoms with Crippen LogP contribution in [-0.4, -0.2) is 73.0 Å². The number of nitrogens with two attached hydrogens (primary N) is 1. The van der Waals surface area contributed by atoms with Gasteiger partial charge in [0.1, 0.15) is 5.82 Å². The quantitative estimate of drug-likeness (QED) is 0.218. The average Bonchev–Trinajstić information content (AvgIpc) is 3.57. The van der Waals surface area contributed by atoms with Gasteiger partial charge in [0.25, 0.3) is 0 Å². The van der Waals surface area contributed by atoms with Gasteiger partial charge in [-0.2, -0.15) is 14.7 Å². The van der Waals surface area contributed by atoms with Crippen LogP contribution in [0, 0.1) is 0 Å². The summed E-state index contributed by atoms with van der Waals surface area (Å²) in [6, 6.07) is 9.91. The molecule has 0 bridgehead atoms. The number of Topliss-reactive ketones (excluding diaryl/α,β-unsaturated/α-hetero) is 1. The molecule has 0 radical (unpaired) electrons. The molecular weight excluding hydrogens is 504 g/mol. The minimum absolute atomic E-state index is 0.0979. The molecule has 0 aliphatic heterocycles. The van der Waals surface area contributed by atoms with Crippen molar-refractivity contribution in [2.45, 2.75) is 44.6 Å². The van der Waals surface area contributed by atoms with Crippen LogP contribution in [-0.2, 0) is 9.47 Å².